The molecule has 0 saturated heterocycles. The standard InChI is InChI=1S/C26H33Cl2N3O5S/c1-4-36-24-12-8-7-11-23(24)31(37(3,34)35)17-25(32)30(16-19-13-14-20(27)15-22(19)28)18(2)26(33)29-21-9-5-6-10-21/h7-8,11-15,18,21H,4-6,9-10,16-17H2,1-3H3,(H,29,33). The van der Waals surface area contributed by atoms with Crippen LogP contribution in [-0.4, -0.2) is 56.6 Å². The SMILES string of the molecule is CCOc1ccccc1N(CC(=O)N(Cc1ccc(Cl)cc1Cl)C(C)C(=O)NC1CCCC1)S(C)(=O)=O. The van der Waals surface area contributed by atoms with Crippen LogP contribution in [0.1, 0.15) is 45.1 Å². The van der Waals surface area contributed by atoms with E-state index in [0.29, 0.717) is 28.0 Å². The lowest BCUT2D eigenvalue weighted by Gasteiger charge is -2.32. The molecule has 1 aliphatic rings. The molecule has 0 bridgehead atoms. The van der Waals surface area contributed by atoms with Gasteiger partial charge in [0.05, 0.1) is 18.6 Å². The first kappa shape index (κ1) is 29.1. The van der Waals surface area contributed by atoms with Crippen molar-refractivity contribution in [3.63, 3.8) is 0 Å². The van der Waals surface area contributed by atoms with Gasteiger partial charge in [-0.3, -0.25) is 13.9 Å². The first-order valence-electron chi connectivity index (χ1n) is 12.2. The maximum absolute atomic E-state index is 13.7. The zero-order chi connectivity index (χ0) is 27.2. The Bertz CT molecular complexity index is 1220. The molecule has 202 valence electrons. The average molecular weight is 571 g/mol. The van der Waals surface area contributed by atoms with Crippen molar-refractivity contribution in [1.29, 1.82) is 0 Å². The molecule has 2 aromatic carbocycles. The molecule has 0 aliphatic heterocycles. The summed E-state index contributed by atoms with van der Waals surface area (Å²) >= 11 is 12.4. The number of rotatable bonds is 11. The second-order valence-electron chi connectivity index (χ2n) is 9.09. The first-order valence-corrected chi connectivity index (χ1v) is 14.8. The molecule has 1 unspecified atom stereocenters. The van der Waals surface area contributed by atoms with Gasteiger partial charge in [0.2, 0.25) is 21.8 Å². The molecular formula is C26H33Cl2N3O5S. The van der Waals surface area contributed by atoms with Crippen molar-refractivity contribution in [3.05, 3.63) is 58.1 Å². The maximum Gasteiger partial charge on any atom is 0.244 e. The van der Waals surface area contributed by atoms with E-state index >= 15 is 0 Å². The van der Waals surface area contributed by atoms with Gasteiger partial charge in [-0.25, -0.2) is 8.42 Å². The highest BCUT2D eigenvalue weighted by atomic mass is 35.5. The molecule has 0 aromatic heterocycles. The third kappa shape index (κ3) is 7.75. The smallest absolute Gasteiger partial charge is 0.244 e. The first-order chi connectivity index (χ1) is 17.5. The lowest BCUT2D eigenvalue weighted by Crippen LogP contribution is -2.52. The number of carbonyl (C=O) groups is 2. The monoisotopic (exact) mass is 569 g/mol. The van der Waals surface area contributed by atoms with Gasteiger partial charge in [-0.2, -0.15) is 0 Å². The van der Waals surface area contributed by atoms with E-state index in [9.17, 15) is 18.0 Å². The van der Waals surface area contributed by atoms with E-state index in [1.165, 1.54) is 4.90 Å². The number of nitrogens with one attached hydrogen (secondary N) is 1. The Morgan fingerprint density at radius 1 is 1.14 bits per heavy atom. The van der Waals surface area contributed by atoms with Crippen molar-refractivity contribution in [2.75, 3.05) is 23.7 Å². The molecule has 3 rings (SSSR count). The molecule has 8 nitrogen and oxygen atoms in total. The Morgan fingerprint density at radius 2 is 1.81 bits per heavy atom. The summed E-state index contributed by atoms with van der Waals surface area (Å²) in [5.41, 5.74) is 0.827. The highest BCUT2D eigenvalue weighted by Gasteiger charge is 2.32. The summed E-state index contributed by atoms with van der Waals surface area (Å²) in [5, 5.41) is 3.81. The van der Waals surface area contributed by atoms with Crippen LogP contribution in [0.25, 0.3) is 0 Å². The van der Waals surface area contributed by atoms with Gasteiger partial charge in [-0.15, -0.1) is 0 Å². The number of amides is 2. The second kappa shape index (κ2) is 12.8. The summed E-state index contributed by atoms with van der Waals surface area (Å²) in [5.74, 6) is -0.523. The maximum atomic E-state index is 13.7. The van der Waals surface area contributed by atoms with E-state index < -0.39 is 28.5 Å². The molecule has 0 spiro atoms. The number of sulfonamides is 1. The lowest BCUT2D eigenvalue weighted by molar-refractivity contribution is -0.139. The van der Waals surface area contributed by atoms with Gasteiger partial charge >= 0.3 is 0 Å². The number of anilines is 1. The van der Waals surface area contributed by atoms with Crippen molar-refractivity contribution in [3.8, 4) is 5.75 Å². The Labute approximate surface area is 228 Å². The highest BCUT2D eigenvalue weighted by molar-refractivity contribution is 7.92. The van der Waals surface area contributed by atoms with Crippen LogP contribution in [0.2, 0.25) is 10.0 Å². The summed E-state index contributed by atoms with van der Waals surface area (Å²) in [6.45, 7) is 3.22. The van der Waals surface area contributed by atoms with Crippen LogP contribution in [-0.2, 0) is 26.2 Å². The third-order valence-electron chi connectivity index (χ3n) is 6.34. The Balaban J connectivity index is 1.94. The van der Waals surface area contributed by atoms with Gasteiger partial charge < -0.3 is 15.0 Å². The van der Waals surface area contributed by atoms with Gasteiger partial charge in [0.25, 0.3) is 0 Å². The number of carbonyl (C=O) groups excluding carboxylic acids is 2. The molecule has 2 amide bonds. The van der Waals surface area contributed by atoms with Gasteiger partial charge in [0.1, 0.15) is 18.3 Å². The van der Waals surface area contributed by atoms with Gasteiger partial charge in [-0.1, -0.05) is 54.2 Å². The normalized spacial score (nSPS) is 14.7. The number of hydrogen-bond acceptors (Lipinski definition) is 5. The molecule has 1 atom stereocenters. The van der Waals surface area contributed by atoms with Gasteiger partial charge in [0, 0.05) is 22.6 Å². The average Bonchev–Trinajstić information content (AvgIpc) is 3.34. The van der Waals surface area contributed by atoms with Crippen molar-refractivity contribution in [2.45, 2.75) is 58.2 Å². The van der Waals surface area contributed by atoms with E-state index in [-0.39, 0.29) is 24.2 Å². The molecule has 1 N–H and O–H groups in total. The Morgan fingerprint density at radius 3 is 2.43 bits per heavy atom. The number of ether oxygens (including phenoxy) is 1. The van der Waals surface area contributed by atoms with E-state index in [1.54, 1.807) is 56.3 Å². The number of benzene rings is 2. The van der Waals surface area contributed by atoms with Crippen LogP contribution in [0.15, 0.2) is 42.5 Å². The van der Waals surface area contributed by atoms with E-state index in [4.69, 9.17) is 27.9 Å². The summed E-state index contributed by atoms with van der Waals surface area (Å²) in [7, 11) is -3.88. The van der Waals surface area contributed by atoms with Crippen LogP contribution >= 0.6 is 23.2 Å². The van der Waals surface area contributed by atoms with E-state index in [1.807, 2.05) is 0 Å². The lowest BCUT2D eigenvalue weighted by atomic mass is 10.1. The minimum atomic E-state index is -3.88. The zero-order valence-corrected chi connectivity index (χ0v) is 23.6. The van der Waals surface area contributed by atoms with Crippen LogP contribution < -0.4 is 14.4 Å². The predicted octanol–water partition coefficient (Wildman–Crippen LogP) is 4.63. The quantitative estimate of drug-likeness (QED) is 0.425. The van der Waals surface area contributed by atoms with Crippen LogP contribution in [0, 0.1) is 0 Å². The van der Waals surface area contributed by atoms with Gasteiger partial charge in [-0.05, 0) is 56.5 Å². The molecule has 37 heavy (non-hydrogen) atoms. The second-order valence-corrected chi connectivity index (χ2v) is 11.8. The molecule has 1 fully saturated rings. The summed E-state index contributed by atoms with van der Waals surface area (Å²) in [4.78, 5) is 28.2. The molecule has 0 heterocycles. The number of hydrogen-bond donors (Lipinski definition) is 1. The topological polar surface area (TPSA) is 96.0 Å². The summed E-state index contributed by atoms with van der Waals surface area (Å²) < 4.78 is 32.2. The van der Waals surface area contributed by atoms with Crippen molar-refractivity contribution in [2.24, 2.45) is 0 Å². The largest absolute Gasteiger partial charge is 0.492 e. The predicted molar refractivity (Wildman–Crippen MR) is 147 cm³/mol. The molecule has 1 aliphatic carbocycles. The molecule has 2 aromatic rings. The minimum absolute atomic E-state index is 0.00119. The molecule has 0 radical (unpaired) electrons. The van der Waals surface area contributed by atoms with Gasteiger partial charge in [0.15, 0.2) is 0 Å². The summed E-state index contributed by atoms with van der Waals surface area (Å²) in [6, 6.07) is 10.7. The van der Waals surface area contributed by atoms with E-state index in [2.05, 4.69) is 5.32 Å². The minimum Gasteiger partial charge on any atom is -0.492 e. The molecule has 11 heteroatoms. The number of para-hydroxylation sites is 2. The number of nitrogens with zero attached hydrogens (tertiary/aromatic N) is 2. The fourth-order valence-electron chi connectivity index (χ4n) is 4.34. The fraction of sp³-hybridized carbons (Fsp3) is 0.462. The van der Waals surface area contributed by atoms with Crippen LogP contribution in [0.5, 0.6) is 5.75 Å². The highest BCUT2D eigenvalue weighted by Crippen LogP contribution is 2.30. The summed E-state index contributed by atoms with van der Waals surface area (Å²) in [6.07, 6.45) is 4.91. The van der Waals surface area contributed by atoms with Crippen molar-refractivity contribution < 1.29 is 22.7 Å². The fourth-order valence-corrected chi connectivity index (χ4v) is 5.66. The molecular weight excluding hydrogens is 537 g/mol. The van der Waals surface area contributed by atoms with E-state index in [0.717, 1.165) is 36.2 Å². The molecule has 1 saturated carbocycles. The third-order valence-corrected chi connectivity index (χ3v) is 8.05. The number of halogens is 2. The van der Waals surface area contributed by atoms with Crippen molar-refractivity contribution >= 4 is 50.7 Å². The Hall–Kier alpha value is -2.49. The van der Waals surface area contributed by atoms with Crippen LogP contribution in [0.3, 0.4) is 0 Å². The zero-order valence-electron chi connectivity index (χ0n) is 21.2. The van der Waals surface area contributed by atoms with Crippen molar-refractivity contribution in [1.82, 2.24) is 10.2 Å². The van der Waals surface area contributed by atoms with Crippen LogP contribution in [0.4, 0.5) is 5.69 Å². The Kier molecular flexibility index (Phi) is 10.1.